The Hall–Kier alpha value is -2.00. The average Bonchev–Trinajstić information content (AvgIpc) is 3.13. The number of halogens is 1. The van der Waals surface area contributed by atoms with Crippen LogP contribution in [0.15, 0.2) is 30.3 Å². The monoisotopic (exact) mass is 420 g/mol. The molecule has 2 aromatic rings. The van der Waals surface area contributed by atoms with Crippen LogP contribution in [0.3, 0.4) is 0 Å². The summed E-state index contributed by atoms with van der Waals surface area (Å²) in [6, 6.07) is 7.35. The number of rotatable bonds is 8. The SMILES string of the molecule is CN1CCN(CCCNc2nnc(NC(=O)C=Cc3ccccc3Cl)s2)CC1. The molecular weight excluding hydrogens is 396 g/mol. The molecule has 0 aliphatic carbocycles. The number of carbonyl (C=O) groups is 1. The number of likely N-dealkylation sites (N-methyl/N-ethyl adjacent to an activating group) is 1. The first-order chi connectivity index (χ1) is 13.6. The van der Waals surface area contributed by atoms with Crippen molar-refractivity contribution in [2.24, 2.45) is 0 Å². The molecule has 0 unspecified atom stereocenters. The Labute approximate surface area is 174 Å². The van der Waals surface area contributed by atoms with Gasteiger partial charge in [0.2, 0.25) is 16.2 Å². The van der Waals surface area contributed by atoms with Crippen LogP contribution in [-0.4, -0.2) is 72.2 Å². The second-order valence-electron chi connectivity index (χ2n) is 6.68. The third kappa shape index (κ3) is 6.56. The van der Waals surface area contributed by atoms with E-state index in [1.807, 2.05) is 18.2 Å². The van der Waals surface area contributed by atoms with Gasteiger partial charge in [0.1, 0.15) is 0 Å². The molecule has 0 saturated carbocycles. The summed E-state index contributed by atoms with van der Waals surface area (Å²) in [5.74, 6) is -0.266. The number of aromatic nitrogens is 2. The molecule has 1 aromatic carbocycles. The zero-order valence-corrected chi connectivity index (χ0v) is 17.5. The summed E-state index contributed by atoms with van der Waals surface area (Å²) in [5, 5.41) is 15.9. The third-order valence-electron chi connectivity index (χ3n) is 4.50. The second-order valence-corrected chi connectivity index (χ2v) is 8.07. The van der Waals surface area contributed by atoms with Gasteiger partial charge in [-0.3, -0.25) is 10.1 Å². The lowest BCUT2D eigenvalue weighted by molar-refractivity contribution is -0.111. The first kappa shape index (κ1) is 20.7. The molecule has 0 radical (unpaired) electrons. The number of carbonyl (C=O) groups excluding carboxylic acids is 1. The van der Waals surface area contributed by atoms with Gasteiger partial charge in [-0.1, -0.05) is 41.1 Å². The quantitative estimate of drug-likeness (QED) is 0.505. The summed E-state index contributed by atoms with van der Waals surface area (Å²) >= 11 is 7.40. The lowest BCUT2D eigenvalue weighted by atomic mass is 10.2. The standard InChI is InChI=1S/C19H25ClN6OS/c1-25-11-13-26(14-12-25)10-4-9-21-18-23-24-19(28-18)22-17(27)8-7-15-5-2-3-6-16(15)20/h2-3,5-8H,4,9-14H2,1H3,(H,21,23)(H,22,24,27). The molecule has 28 heavy (non-hydrogen) atoms. The number of amides is 1. The minimum Gasteiger partial charge on any atom is -0.360 e. The zero-order chi connectivity index (χ0) is 19.8. The van der Waals surface area contributed by atoms with E-state index < -0.39 is 0 Å². The molecule has 2 heterocycles. The third-order valence-corrected chi connectivity index (χ3v) is 5.64. The first-order valence-corrected chi connectivity index (χ1v) is 10.5. The number of anilines is 2. The molecule has 2 N–H and O–H groups in total. The topological polar surface area (TPSA) is 73.4 Å². The Bertz CT molecular complexity index is 803. The van der Waals surface area contributed by atoms with Crippen molar-refractivity contribution in [2.75, 3.05) is 56.9 Å². The van der Waals surface area contributed by atoms with E-state index in [0.29, 0.717) is 15.3 Å². The van der Waals surface area contributed by atoms with E-state index >= 15 is 0 Å². The predicted molar refractivity (Wildman–Crippen MR) is 116 cm³/mol. The fourth-order valence-corrected chi connectivity index (χ4v) is 3.71. The summed E-state index contributed by atoms with van der Waals surface area (Å²) in [6.07, 6.45) is 4.16. The lowest BCUT2D eigenvalue weighted by Gasteiger charge is -2.32. The minimum absolute atomic E-state index is 0.266. The maximum absolute atomic E-state index is 12.0. The Morgan fingerprint density at radius 1 is 1.21 bits per heavy atom. The van der Waals surface area contributed by atoms with Crippen molar-refractivity contribution in [3.63, 3.8) is 0 Å². The van der Waals surface area contributed by atoms with Crippen molar-refractivity contribution in [3.8, 4) is 0 Å². The number of piperazine rings is 1. The van der Waals surface area contributed by atoms with Gasteiger partial charge in [-0.05, 0) is 37.7 Å². The molecule has 1 aromatic heterocycles. The number of nitrogens with zero attached hydrogens (tertiary/aromatic N) is 4. The van der Waals surface area contributed by atoms with Crippen LogP contribution in [0.25, 0.3) is 6.08 Å². The summed E-state index contributed by atoms with van der Waals surface area (Å²) in [7, 11) is 2.16. The van der Waals surface area contributed by atoms with Crippen molar-refractivity contribution < 1.29 is 4.79 Å². The van der Waals surface area contributed by atoms with Gasteiger partial charge in [-0.15, -0.1) is 10.2 Å². The van der Waals surface area contributed by atoms with E-state index in [9.17, 15) is 4.79 Å². The van der Waals surface area contributed by atoms with Crippen molar-refractivity contribution in [2.45, 2.75) is 6.42 Å². The summed E-state index contributed by atoms with van der Waals surface area (Å²) in [6.45, 7) is 6.45. The molecule has 7 nitrogen and oxygen atoms in total. The van der Waals surface area contributed by atoms with Gasteiger partial charge < -0.3 is 15.1 Å². The number of nitrogens with one attached hydrogen (secondary N) is 2. The van der Waals surface area contributed by atoms with Gasteiger partial charge in [0.25, 0.3) is 0 Å². The molecule has 150 valence electrons. The van der Waals surface area contributed by atoms with Gasteiger partial charge in [-0.2, -0.15) is 0 Å². The van der Waals surface area contributed by atoms with Gasteiger partial charge in [0, 0.05) is 43.8 Å². The smallest absolute Gasteiger partial charge is 0.250 e. The highest BCUT2D eigenvalue weighted by Crippen LogP contribution is 2.20. The van der Waals surface area contributed by atoms with Crippen LogP contribution in [-0.2, 0) is 4.79 Å². The molecule has 0 atom stereocenters. The highest BCUT2D eigenvalue weighted by molar-refractivity contribution is 7.19. The molecule has 1 saturated heterocycles. The normalized spacial score (nSPS) is 15.8. The van der Waals surface area contributed by atoms with Crippen LogP contribution in [0.1, 0.15) is 12.0 Å². The van der Waals surface area contributed by atoms with Gasteiger partial charge in [0.15, 0.2) is 0 Å². The Morgan fingerprint density at radius 3 is 2.75 bits per heavy atom. The molecule has 1 aliphatic heterocycles. The zero-order valence-electron chi connectivity index (χ0n) is 15.9. The largest absolute Gasteiger partial charge is 0.360 e. The average molecular weight is 421 g/mol. The second kappa shape index (κ2) is 10.5. The first-order valence-electron chi connectivity index (χ1n) is 9.32. The molecule has 1 amide bonds. The number of hydrogen-bond donors (Lipinski definition) is 2. The van der Waals surface area contributed by atoms with Crippen LogP contribution in [0.4, 0.5) is 10.3 Å². The van der Waals surface area contributed by atoms with E-state index in [-0.39, 0.29) is 5.91 Å². The van der Waals surface area contributed by atoms with E-state index in [1.54, 1.807) is 12.1 Å². The highest BCUT2D eigenvalue weighted by Gasteiger charge is 2.13. The Morgan fingerprint density at radius 2 is 1.96 bits per heavy atom. The van der Waals surface area contributed by atoms with Crippen LogP contribution in [0, 0.1) is 0 Å². The molecule has 0 bridgehead atoms. The highest BCUT2D eigenvalue weighted by atomic mass is 35.5. The maximum Gasteiger partial charge on any atom is 0.250 e. The maximum atomic E-state index is 12.0. The van der Waals surface area contributed by atoms with E-state index in [0.717, 1.165) is 51.3 Å². The fraction of sp³-hybridized carbons (Fsp3) is 0.421. The lowest BCUT2D eigenvalue weighted by Crippen LogP contribution is -2.44. The van der Waals surface area contributed by atoms with Crippen molar-refractivity contribution in [3.05, 3.63) is 40.9 Å². The molecule has 3 rings (SSSR count). The molecule has 0 spiro atoms. The Balaban J connectivity index is 1.38. The Kier molecular flexibility index (Phi) is 7.79. The van der Waals surface area contributed by atoms with Crippen molar-refractivity contribution in [1.29, 1.82) is 0 Å². The van der Waals surface area contributed by atoms with E-state index in [4.69, 9.17) is 11.6 Å². The van der Waals surface area contributed by atoms with Crippen LogP contribution in [0.2, 0.25) is 5.02 Å². The van der Waals surface area contributed by atoms with E-state index in [1.165, 1.54) is 17.4 Å². The summed E-state index contributed by atoms with van der Waals surface area (Å²) in [4.78, 5) is 16.9. The van der Waals surface area contributed by atoms with Crippen molar-refractivity contribution in [1.82, 2.24) is 20.0 Å². The van der Waals surface area contributed by atoms with Gasteiger partial charge >= 0.3 is 0 Å². The van der Waals surface area contributed by atoms with Gasteiger partial charge in [0.05, 0.1) is 0 Å². The summed E-state index contributed by atoms with van der Waals surface area (Å²) in [5.41, 5.74) is 0.791. The number of hydrogen-bond acceptors (Lipinski definition) is 7. The van der Waals surface area contributed by atoms with Crippen LogP contribution in [0.5, 0.6) is 0 Å². The molecule has 9 heteroatoms. The predicted octanol–water partition coefficient (Wildman–Crippen LogP) is 2.89. The molecular formula is C19H25ClN6OS. The summed E-state index contributed by atoms with van der Waals surface area (Å²) < 4.78 is 0. The fourth-order valence-electron chi connectivity index (χ4n) is 2.84. The van der Waals surface area contributed by atoms with Crippen molar-refractivity contribution >= 4 is 45.2 Å². The van der Waals surface area contributed by atoms with E-state index in [2.05, 4.69) is 37.7 Å². The number of benzene rings is 1. The van der Waals surface area contributed by atoms with Gasteiger partial charge in [-0.25, -0.2) is 0 Å². The molecule has 1 fully saturated rings. The molecule has 1 aliphatic rings. The minimum atomic E-state index is -0.266. The van der Waals surface area contributed by atoms with Crippen LogP contribution >= 0.6 is 22.9 Å². The van der Waals surface area contributed by atoms with Crippen LogP contribution < -0.4 is 10.6 Å².